The van der Waals surface area contributed by atoms with E-state index in [0.29, 0.717) is 18.2 Å². The molecule has 23 heavy (non-hydrogen) atoms. The maximum absolute atomic E-state index is 12.2. The van der Waals surface area contributed by atoms with Crippen molar-refractivity contribution in [1.82, 2.24) is 9.97 Å². The first-order chi connectivity index (χ1) is 11.1. The molecule has 0 radical (unpaired) electrons. The zero-order valence-electron chi connectivity index (χ0n) is 13.3. The van der Waals surface area contributed by atoms with Crippen molar-refractivity contribution in [3.8, 4) is 0 Å². The largest absolute Gasteiger partial charge is 0.368 e. The van der Waals surface area contributed by atoms with Crippen molar-refractivity contribution < 1.29 is 4.79 Å². The van der Waals surface area contributed by atoms with Crippen molar-refractivity contribution in [1.29, 1.82) is 0 Å². The van der Waals surface area contributed by atoms with Crippen molar-refractivity contribution in [2.24, 2.45) is 0 Å². The van der Waals surface area contributed by atoms with Gasteiger partial charge in [0, 0.05) is 23.1 Å². The van der Waals surface area contributed by atoms with Gasteiger partial charge in [-0.2, -0.15) is 0 Å². The molecule has 0 fully saturated rings. The molecule has 1 amide bonds. The van der Waals surface area contributed by atoms with Crippen molar-refractivity contribution >= 4 is 28.3 Å². The molecule has 0 saturated carbocycles. The fourth-order valence-corrected chi connectivity index (χ4v) is 2.50. The Kier molecular flexibility index (Phi) is 4.28. The van der Waals surface area contributed by atoms with E-state index in [9.17, 15) is 4.79 Å². The summed E-state index contributed by atoms with van der Waals surface area (Å²) >= 11 is 0. The van der Waals surface area contributed by atoms with Gasteiger partial charge in [0.25, 0.3) is 0 Å². The molecule has 2 aromatic heterocycles. The number of nitrogens with one attached hydrogen (secondary N) is 3. The van der Waals surface area contributed by atoms with Crippen molar-refractivity contribution in [2.45, 2.75) is 26.3 Å². The van der Waals surface area contributed by atoms with Crippen LogP contribution < -0.4 is 10.6 Å². The Bertz CT molecular complexity index is 805. The van der Waals surface area contributed by atoms with Gasteiger partial charge in [-0.25, -0.2) is 4.98 Å². The summed E-state index contributed by atoms with van der Waals surface area (Å²) in [6, 6.07) is 12.0. The smallest absolute Gasteiger partial charge is 0.228 e. The summed E-state index contributed by atoms with van der Waals surface area (Å²) in [6.07, 6.45) is 3.88. The Balaban J connectivity index is 1.65. The normalized spacial score (nSPS) is 10.9. The van der Waals surface area contributed by atoms with Gasteiger partial charge in [0.05, 0.1) is 18.3 Å². The Morgan fingerprint density at radius 3 is 2.78 bits per heavy atom. The lowest BCUT2D eigenvalue weighted by atomic mass is 10.1. The van der Waals surface area contributed by atoms with Crippen LogP contribution in [-0.2, 0) is 11.2 Å². The maximum Gasteiger partial charge on any atom is 0.228 e. The van der Waals surface area contributed by atoms with Crippen LogP contribution in [0.1, 0.15) is 19.4 Å². The van der Waals surface area contributed by atoms with Gasteiger partial charge in [-0.15, -0.1) is 0 Å². The number of fused-ring (bicyclic) bond motifs is 1. The van der Waals surface area contributed by atoms with Gasteiger partial charge in [0.2, 0.25) is 5.91 Å². The first kappa shape index (κ1) is 15.1. The quantitative estimate of drug-likeness (QED) is 0.675. The molecule has 0 aliphatic rings. The number of H-pyrrole nitrogens is 1. The molecule has 3 rings (SSSR count). The van der Waals surface area contributed by atoms with Crippen LogP contribution in [-0.4, -0.2) is 21.9 Å². The Morgan fingerprint density at radius 1 is 1.22 bits per heavy atom. The summed E-state index contributed by atoms with van der Waals surface area (Å²) in [5, 5.41) is 7.18. The second-order valence-corrected chi connectivity index (χ2v) is 5.82. The van der Waals surface area contributed by atoms with Gasteiger partial charge in [-0.3, -0.25) is 4.79 Å². The Morgan fingerprint density at radius 2 is 2.04 bits per heavy atom. The minimum absolute atomic E-state index is 0.0545. The Hall–Kier alpha value is -2.82. The lowest BCUT2D eigenvalue weighted by molar-refractivity contribution is -0.115. The molecule has 0 aliphatic heterocycles. The van der Waals surface area contributed by atoms with Gasteiger partial charge in [-0.05, 0) is 37.6 Å². The Labute approximate surface area is 135 Å². The van der Waals surface area contributed by atoms with Gasteiger partial charge in [-0.1, -0.05) is 18.2 Å². The SMILES string of the molecule is CC(C)Nc1ccc(NC(=O)Cc2c[nH]c3ccccc23)cn1. The fourth-order valence-electron chi connectivity index (χ4n) is 2.50. The number of benzene rings is 1. The number of hydrogen-bond acceptors (Lipinski definition) is 3. The number of aromatic amines is 1. The molecule has 0 saturated heterocycles. The van der Waals surface area contributed by atoms with Crippen LogP contribution >= 0.6 is 0 Å². The van der Waals surface area contributed by atoms with E-state index in [-0.39, 0.29) is 5.91 Å². The molecule has 0 spiro atoms. The predicted molar refractivity (Wildman–Crippen MR) is 93.6 cm³/mol. The number of aromatic nitrogens is 2. The van der Waals surface area contributed by atoms with Gasteiger partial charge >= 0.3 is 0 Å². The topological polar surface area (TPSA) is 69.8 Å². The highest BCUT2D eigenvalue weighted by Gasteiger charge is 2.09. The number of pyridine rings is 1. The van der Waals surface area contributed by atoms with Gasteiger partial charge in [0.1, 0.15) is 5.82 Å². The molecule has 0 atom stereocenters. The maximum atomic E-state index is 12.2. The van der Waals surface area contributed by atoms with E-state index < -0.39 is 0 Å². The molecule has 0 bridgehead atoms. The van der Waals surface area contributed by atoms with Crippen LogP contribution in [0, 0.1) is 0 Å². The number of rotatable bonds is 5. The number of nitrogens with zero attached hydrogens (tertiary/aromatic N) is 1. The third-order valence-electron chi connectivity index (χ3n) is 3.51. The average Bonchev–Trinajstić information content (AvgIpc) is 2.92. The molecule has 0 unspecified atom stereocenters. The second kappa shape index (κ2) is 6.52. The summed E-state index contributed by atoms with van der Waals surface area (Å²) in [4.78, 5) is 19.7. The van der Waals surface area contributed by atoms with Gasteiger partial charge < -0.3 is 15.6 Å². The van der Waals surface area contributed by atoms with Crippen LogP contribution in [0.3, 0.4) is 0 Å². The number of carbonyl (C=O) groups excluding carboxylic acids is 1. The van der Waals surface area contributed by atoms with E-state index in [4.69, 9.17) is 0 Å². The summed E-state index contributed by atoms with van der Waals surface area (Å²) < 4.78 is 0. The highest BCUT2D eigenvalue weighted by Crippen LogP contribution is 2.19. The van der Waals surface area contributed by atoms with Crippen molar-refractivity contribution in [3.63, 3.8) is 0 Å². The van der Waals surface area contributed by atoms with Crippen LogP contribution in [0.5, 0.6) is 0 Å². The zero-order chi connectivity index (χ0) is 16.2. The molecular weight excluding hydrogens is 288 g/mol. The number of para-hydroxylation sites is 1. The monoisotopic (exact) mass is 308 g/mol. The lowest BCUT2D eigenvalue weighted by Gasteiger charge is -2.10. The minimum atomic E-state index is -0.0545. The highest BCUT2D eigenvalue weighted by molar-refractivity contribution is 5.95. The molecule has 3 N–H and O–H groups in total. The summed E-state index contributed by atoms with van der Waals surface area (Å²) in [6.45, 7) is 4.11. The van der Waals surface area contributed by atoms with Crippen molar-refractivity contribution in [3.05, 3.63) is 54.4 Å². The van der Waals surface area contributed by atoms with E-state index in [1.807, 2.05) is 42.6 Å². The molecule has 5 nitrogen and oxygen atoms in total. The summed E-state index contributed by atoms with van der Waals surface area (Å²) in [5.74, 6) is 0.746. The van der Waals surface area contributed by atoms with Gasteiger partial charge in [0.15, 0.2) is 0 Å². The third-order valence-corrected chi connectivity index (χ3v) is 3.51. The van der Waals surface area contributed by atoms with E-state index >= 15 is 0 Å². The number of carbonyl (C=O) groups is 1. The zero-order valence-corrected chi connectivity index (χ0v) is 13.3. The van der Waals surface area contributed by atoms with Crippen molar-refractivity contribution in [2.75, 3.05) is 10.6 Å². The standard InChI is InChI=1S/C18H20N4O/c1-12(2)21-17-8-7-14(11-20-17)22-18(23)9-13-10-19-16-6-4-3-5-15(13)16/h3-8,10-12,19H,9H2,1-2H3,(H,20,21)(H,22,23). The molecule has 2 heterocycles. The summed E-state index contributed by atoms with van der Waals surface area (Å²) in [5.41, 5.74) is 2.73. The number of hydrogen-bond donors (Lipinski definition) is 3. The van der Waals surface area contributed by atoms with E-state index in [1.165, 1.54) is 0 Å². The van der Waals surface area contributed by atoms with E-state index in [2.05, 4.69) is 34.4 Å². The first-order valence-electron chi connectivity index (χ1n) is 7.69. The lowest BCUT2D eigenvalue weighted by Crippen LogP contribution is -2.15. The minimum Gasteiger partial charge on any atom is -0.368 e. The number of amides is 1. The first-order valence-corrected chi connectivity index (χ1v) is 7.69. The summed E-state index contributed by atoms with van der Waals surface area (Å²) in [7, 11) is 0. The second-order valence-electron chi connectivity index (χ2n) is 5.82. The van der Waals surface area contributed by atoms with Crippen LogP contribution in [0.4, 0.5) is 11.5 Å². The molecule has 1 aromatic carbocycles. The third kappa shape index (κ3) is 3.69. The molecule has 5 heteroatoms. The predicted octanol–water partition coefficient (Wildman–Crippen LogP) is 3.56. The van der Waals surface area contributed by atoms with E-state index in [0.717, 1.165) is 22.3 Å². The highest BCUT2D eigenvalue weighted by atomic mass is 16.1. The molecule has 0 aliphatic carbocycles. The fraction of sp³-hybridized carbons (Fsp3) is 0.222. The van der Waals surface area contributed by atoms with Crippen LogP contribution in [0.15, 0.2) is 48.8 Å². The van der Waals surface area contributed by atoms with Crippen LogP contribution in [0.2, 0.25) is 0 Å². The average molecular weight is 308 g/mol. The molecular formula is C18H20N4O. The molecule has 3 aromatic rings. The number of anilines is 2. The molecule has 118 valence electrons. The van der Waals surface area contributed by atoms with Crippen LogP contribution in [0.25, 0.3) is 10.9 Å². The van der Waals surface area contributed by atoms with E-state index in [1.54, 1.807) is 6.20 Å².